The van der Waals surface area contributed by atoms with Gasteiger partial charge in [0.05, 0.1) is 17.9 Å². The van der Waals surface area contributed by atoms with Gasteiger partial charge in [0.1, 0.15) is 0 Å². The van der Waals surface area contributed by atoms with Gasteiger partial charge in [-0.3, -0.25) is 9.59 Å². The number of likely N-dealkylation sites (N-methyl/N-ethyl adjacent to an activating group) is 1. The van der Waals surface area contributed by atoms with Crippen LogP contribution in [0.15, 0.2) is 23.1 Å². The van der Waals surface area contributed by atoms with Crippen LogP contribution in [0.25, 0.3) is 0 Å². The van der Waals surface area contributed by atoms with E-state index in [0.717, 1.165) is 0 Å². The van der Waals surface area contributed by atoms with Crippen LogP contribution in [-0.2, 0) is 26.0 Å². The molecular weight excluding hydrogens is 306 g/mol. The van der Waals surface area contributed by atoms with Crippen LogP contribution in [0.4, 0.5) is 5.69 Å². The van der Waals surface area contributed by atoms with Gasteiger partial charge in [0.25, 0.3) is 0 Å². The fourth-order valence-electron chi connectivity index (χ4n) is 2.23. The number of carbonyl (C=O) groups is 2. The van der Waals surface area contributed by atoms with Crippen molar-refractivity contribution in [3.8, 4) is 0 Å². The molecule has 0 radical (unpaired) electrons. The van der Waals surface area contributed by atoms with E-state index in [4.69, 9.17) is 0 Å². The highest BCUT2D eigenvalue weighted by Gasteiger charge is 2.26. The van der Waals surface area contributed by atoms with Gasteiger partial charge >= 0.3 is 0 Å². The minimum absolute atomic E-state index is 0.0479. The van der Waals surface area contributed by atoms with Gasteiger partial charge < -0.3 is 10.2 Å². The molecule has 0 saturated heterocycles. The maximum Gasteiger partial charge on any atom is 0.241 e. The number of amides is 2. The number of rotatable bonds is 5. The number of nitrogens with zero attached hydrogens (tertiary/aromatic N) is 1. The molecule has 7 nitrogen and oxygen atoms in total. The van der Waals surface area contributed by atoms with Gasteiger partial charge in [-0.25, -0.2) is 13.1 Å². The van der Waals surface area contributed by atoms with E-state index in [9.17, 15) is 18.0 Å². The van der Waals surface area contributed by atoms with Gasteiger partial charge in [0.2, 0.25) is 21.8 Å². The lowest BCUT2D eigenvalue weighted by Gasteiger charge is -2.12. The second-order valence-electron chi connectivity index (χ2n) is 5.47. The molecule has 1 aromatic rings. The number of sulfonamides is 1. The Hall–Kier alpha value is -1.93. The topological polar surface area (TPSA) is 95.6 Å². The fourth-order valence-corrected chi connectivity index (χ4v) is 3.26. The molecule has 2 N–H and O–H groups in total. The van der Waals surface area contributed by atoms with E-state index in [-0.39, 0.29) is 29.8 Å². The molecule has 0 unspecified atom stereocenters. The zero-order chi connectivity index (χ0) is 16.5. The van der Waals surface area contributed by atoms with E-state index in [2.05, 4.69) is 10.0 Å². The molecule has 2 rings (SSSR count). The van der Waals surface area contributed by atoms with Crippen LogP contribution in [0.5, 0.6) is 0 Å². The Morgan fingerprint density at radius 3 is 2.68 bits per heavy atom. The van der Waals surface area contributed by atoms with E-state index in [1.807, 2.05) is 0 Å². The summed E-state index contributed by atoms with van der Waals surface area (Å²) in [4.78, 5) is 24.7. The summed E-state index contributed by atoms with van der Waals surface area (Å²) < 4.78 is 26.6. The van der Waals surface area contributed by atoms with Crippen molar-refractivity contribution in [3.05, 3.63) is 23.8 Å². The third-order valence-corrected chi connectivity index (χ3v) is 4.71. The molecule has 1 aliphatic heterocycles. The zero-order valence-corrected chi connectivity index (χ0v) is 13.5. The summed E-state index contributed by atoms with van der Waals surface area (Å²) in [5.41, 5.74) is 1.38. The van der Waals surface area contributed by atoms with Gasteiger partial charge in [-0.2, -0.15) is 0 Å². The van der Waals surface area contributed by atoms with Crippen molar-refractivity contribution < 1.29 is 18.0 Å². The first-order valence-electron chi connectivity index (χ1n) is 6.89. The third-order valence-electron chi connectivity index (χ3n) is 3.31. The normalized spacial score (nSPS) is 14.4. The number of hydrogen-bond acceptors (Lipinski definition) is 4. The van der Waals surface area contributed by atoms with Crippen LogP contribution in [0, 0.1) is 0 Å². The largest absolute Gasteiger partial charge is 0.353 e. The van der Waals surface area contributed by atoms with Crippen molar-refractivity contribution in [2.45, 2.75) is 31.2 Å². The zero-order valence-electron chi connectivity index (χ0n) is 12.7. The quantitative estimate of drug-likeness (QED) is 0.797. The number of hydrogen-bond donors (Lipinski definition) is 2. The molecule has 8 heteroatoms. The van der Waals surface area contributed by atoms with E-state index < -0.39 is 15.9 Å². The first-order chi connectivity index (χ1) is 10.2. The van der Waals surface area contributed by atoms with E-state index in [1.54, 1.807) is 27.0 Å². The van der Waals surface area contributed by atoms with Crippen LogP contribution in [0.1, 0.15) is 19.4 Å². The smallest absolute Gasteiger partial charge is 0.241 e. The number of benzene rings is 1. The summed E-state index contributed by atoms with van der Waals surface area (Å²) in [6.07, 6.45) is 0.184. The Kier molecular flexibility index (Phi) is 4.52. The summed E-state index contributed by atoms with van der Waals surface area (Å²) in [6.45, 7) is 3.26. The predicted octanol–water partition coefficient (Wildman–Crippen LogP) is 0.00840. The Labute approximate surface area is 129 Å². The van der Waals surface area contributed by atoms with Gasteiger partial charge in [-0.1, -0.05) is 0 Å². The first-order valence-corrected chi connectivity index (χ1v) is 8.37. The summed E-state index contributed by atoms with van der Waals surface area (Å²) in [5, 5.41) is 2.60. The number of carbonyl (C=O) groups excluding carboxylic acids is 2. The lowest BCUT2D eigenvalue weighted by Crippen LogP contribution is -2.39. The molecule has 0 fully saturated rings. The van der Waals surface area contributed by atoms with Crippen molar-refractivity contribution in [2.75, 3.05) is 18.5 Å². The Morgan fingerprint density at radius 2 is 2.05 bits per heavy atom. The minimum Gasteiger partial charge on any atom is -0.353 e. The van der Waals surface area contributed by atoms with Crippen LogP contribution >= 0.6 is 0 Å². The molecule has 1 aromatic carbocycles. The van der Waals surface area contributed by atoms with Crippen LogP contribution < -0.4 is 14.9 Å². The van der Waals surface area contributed by atoms with Gasteiger partial charge in [-0.05, 0) is 37.6 Å². The molecular formula is C14H19N3O4S. The van der Waals surface area contributed by atoms with Crippen LogP contribution in [0.3, 0.4) is 0 Å². The average molecular weight is 325 g/mol. The summed E-state index contributed by atoms with van der Waals surface area (Å²) >= 11 is 0. The van der Waals surface area contributed by atoms with Crippen molar-refractivity contribution in [1.29, 1.82) is 0 Å². The molecule has 1 heterocycles. The molecule has 0 aliphatic carbocycles. The standard InChI is InChI=1S/C14H19N3O4S/c1-9(2)16-13(18)8-15-22(20,21)11-4-5-12-10(6-11)7-14(19)17(12)3/h4-6,9,15H,7-8H2,1-3H3,(H,16,18). The van der Waals surface area contributed by atoms with E-state index in [1.165, 1.54) is 17.0 Å². The minimum atomic E-state index is -3.79. The number of fused-ring (bicyclic) bond motifs is 1. The van der Waals surface area contributed by atoms with Crippen LogP contribution in [0.2, 0.25) is 0 Å². The number of anilines is 1. The maximum atomic E-state index is 12.2. The Bertz CT molecular complexity index is 713. The average Bonchev–Trinajstić information content (AvgIpc) is 2.71. The molecule has 0 bridgehead atoms. The highest BCUT2D eigenvalue weighted by molar-refractivity contribution is 7.89. The number of nitrogens with one attached hydrogen (secondary N) is 2. The van der Waals surface area contributed by atoms with Gasteiger partial charge in [0, 0.05) is 18.8 Å². The summed E-state index contributed by atoms with van der Waals surface area (Å²) in [7, 11) is -2.14. The molecule has 120 valence electrons. The highest BCUT2D eigenvalue weighted by atomic mass is 32.2. The lowest BCUT2D eigenvalue weighted by molar-refractivity contribution is -0.120. The van der Waals surface area contributed by atoms with Crippen molar-refractivity contribution in [3.63, 3.8) is 0 Å². The maximum absolute atomic E-state index is 12.2. The lowest BCUT2D eigenvalue weighted by atomic mass is 10.2. The first kappa shape index (κ1) is 16.4. The SMILES string of the molecule is CC(C)NC(=O)CNS(=O)(=O)c1ccc2c(c1)CC(=O)N2C. The summed E-state index contributed by atoms with van der Waals surface area (Å²) in [6, 6.07) is 4.44. The molecule has 0 saturated carbocycles. The van der Waals surface area contributed by atoms with E-state index in [0.29, 0.717) is 11.3 Å². The molecule has 22 heavy (non-hydrogen) atoms. The van der Waals surface area contributed by atoms with Gasteiger partial charge in [-0.15, -0.1) is 0 Å². The molecule has 0 spiro atoms. The summed E-state index contributed by atoms with van der Waals surface area (Å²) in [5.74, 6) is -0.469. The molecule has 2 amide bonds. The highest BCUT2D eigenvalue weighted by Crippen LogP contribution is 2.29. The van der Waals surface area contributed by atoms with Crippen molar-refractivity contribution in [2.24, 2.45) is 0 Å². The molecule has 0 aromatic heterocycles. The molecule has 0 atom stereocenters. The van der Waals surface area contributed by atoms with Crippen molar-refractivity contribution >= 4 is 27.5 Å². The van der Waals surface area contributed by atoms with Gasteiger partial charge in [0.15, 0.2) is 0 Å². The van der Waals surface area contributed by atoms with Crippen LogP contribution in [-0.4, -0.2) is 39.9 Å². The fraction of sp³-hybridized carbons (Fsp3) is 0.429. The second kappa shape index (κ2) is 6.05. The Balaban J connectivity index is 2.13. The Morgan fingerprint density at radius 1 is 1.36 bits per heavy atom. The monoisotopic (exact) mass is 325 g/mol. The van der Waals surface area contributed by atoms with E-state index >= 15 is 0 Å². The molecule has 1 aliphatic rings. The van der Waals surface area contributed by atoms with Crippen molar-refractivity contribution in [1.82, 2.24) is 10.0 Å². The second-order valence-corrected chi connectivity index (χ2v) is 7.23. The third kappa shape index (κ3) is 3.45. The predicted molar refractivity (Wildman–Crippen MR) is 82.0 cm³/mol.